The van der Waals surface area contributed by atoms with E-state index >= 15 is 0 Å². The predicted octanol–water partition coefficient (Wildman–Crippen LogP) is 3.26. The van der Waals surface area contributed by atoms with Crippen LogP contribution in [0.15, 0.2) is 48.5 Å². The number of nitro groups is 1. The molecule has 1 amide bonds. The molecule has 7 nitrogen and oxygen atoms in total. The zero-order valence-electron chi connectivity index (χ0n) is 13.9. The number of benzene rings is 2. The Bertz CT molecular complexity index is 884. The number of halogens is 2. The molecule has 0 spiro atoms. The van der Waals surface area contributed by atoms with Gasteiger partial charge in [0.05, 0.1) is 4.92 Å². The molecule has 2 rings (SSSR count). The van der Waals surface area contributed by atoms with Crippen molar-refractivity contribution >= 4 is 35.2 Å². The topological polar surface area (TPSA) is 98.5 Å². The van der Waals surface area contributed by atoms with Gasteiger partial charge in [0, 0.05) is 18.7 Å². The van der Waals surface area contributed by atoms with Crippen molar-refractivity contribution in [3.63, 3.8) is 0 Å². The van der Waals surface area contributed by atoms with Crippen molar-refractivity contribution in [1.82, 2.24) is 5.32 Å². The molecule has 0 aliphatic carbocycles. The van der Waals surface area contributed by atoms with Crippen molar-refractivity contribution in [2.75, 3.05) is 6.61 Å². The van der Waals surface area contributed by atoms with Crippen LogP contribution in [-0.2, 0) is 20.9 Å². The van der Waals surface area contributed by atoms with Gasteiger partial charge >= 0.3 is 5.97 Å². The summed E-state index contributed by atoms with van der Waals surface area (Å²) in [6, 6.07) is 9.63. The smallest absolute Gasteiger partial charge is 0.331 e. The van der Waals surface area contributed by atoms with Gasteiger partial charge in [-0.15, -0.1) is 0 Å². The molecule has 140 valence electrons. The highest BCUT2D eigenvalue weighted by Gasteiger charge is 2.12. The maximum atomic E-state index is 12.8. The van der Waals surface area contributed by atoms with Gasteiger partial charge in [-0.3, -0.25) is 14.9 Å². The number of hydrogen-bond donors (Lipinski definition) is 1. The monoisotopic (exact) mass is 392 g/mol. The maximum Gasteiger partial charge on any atom is 0.331 e. The molecule has 2 aromatic carbocycles. The Labute approximate surface area is 158 Å². The summed E-state index contributed by atoms with van der Waals surface area (Å²) in [5, 5.41) is 13.3. The van der Waals surface area contributed by atoms with Crippen molar-refractivity contribution in [2.45, 2.75) is 6.54 Å². The fourth-order valence-corrected chi connectivity index (χ4v) is 2.16. The molecular weight excluding hydrogens is 379 g/mol. The number of ether oxygens (including phenoxy) is 1. The minimum Gasteiger partial charge on any atom is -0.452 e. The van der Waals surface area contributed by atoms with E-state index in [1.807, 2.05) is 0 Å². The van der Waals surface area contributed by atoms with Crippen LogP contribution in [0.25, 0.3) is 6.08 Å². The second-order valence-corrected chi connectivity index (χ2v) is 5.72. The first-order chi connectivity index (χ1) is 12.8. The summed E-state index contributed by atoms with van der Waals surface area (Å²) < 4.78 is 17.6. The molecule has 0 radical (unpaired) electrons. The summed E-state index contributed by atoms with van der Waals surface area (Å²) in [6.45, 7) is -0.327. The highest BCUT2D eigenvalue weighted by atomic mass is 35.5. The van der Waals surface area contributed by atoms with Crippen LogP contribution in [0.3, 0.4) is 0 Å². The highest BCUT2D eigenvalue weighted by molar-refractivity contribution is 6.32. The Hall–Kier alpha value is -3.26. The lowest BCUT2D eigenvalue weighted by Gasteiger charge is -2.05. The molecule has 0 saturated carbocycles. The van der Waals surface area contributed by atoms with E-state index in [4.69, 9.17) is 16.3 Å². The Kier molecular flexibility index (Phi) is 7.01. The van der Waals surface area contributed by atoms with Crippen LogP contribution in [0.5, 0.6) is 0 Å². The molecule has 0 aliphatic rings. The Morgan fingerprint density at radius 2 is 1.93 bits per heavy atom. The predicted molar refractivity (Wildman–Crippen MR) is 96.3 cm³/mol. The molecule has 0 fully saturated rings. The molecule has 0 aromatic heterocycles. The number of rotatable bonds is 7. The van der Waals surface area contributed by atoms with Crippen LogP contribution in [0, 0.1) is 15.9 Å². The van der Waals surface area contributed by atoms with Crippen LogP contribution >= 0.6 is 11.6 Å². The first-order valence-corrected chi connectivity index (χ1v) is 8.03. The second-order valence-electron chi connectivity index (χ2n) is 5.31. The molecule has 0 aliphatic heterocycles. The number of carbonyl (C=O) groups excluding carboxylic acids is 2. The van der Waals surface area contributed by atoms with E-state index in [2.05, 4.69) is 5.32 Å². The minimum absolute atomic E-state index is 0.0162. The van der Waals surface area contributed by atoms with Crippen LogP contribution < -0.4 is 5.32 Å². The summed E-state index contributed by atoms with van der Waals surface area (Å²) in [6.07, 6.45) is 2.35. The lowest BCUT2D eigenvalue weighted by Crippen LogP contribution is -2.28. The molecule has 2 aromatic rings. The summed E-state index contributed by atoms with van der Waals surface area (Å²) in [5.41, 5.74) is 0.788. The third-order valence-electron chi connectivity index (χ3n) is 3.33. The van der Waals surface area contributed by atoms with E-state index < -0.39 is 23.4 Å². The molecule has 27 heavy (non-hydrogen) atoms. The van der Waals surface area contributed by atoms with Crippen LogP contribution in [-0.4, -0.2) is 23.4 Å². The largest absolute Gasteiger partial charge is 0.452 e. The minimum atomic E-state index is -0.787. The third-order valence-corrected chi connectivity index (χ3v) is 3.65. The average molecular weight is 393 g/mol. The van der Waals surface area contributed by atoms with E-state index in [0.717, 1.165) is 6.08 Å². The molecule has 0 heterocycles. The first kappa shape index (κ1) is 20.1. The number of carbonyl (C=O) groups is 2. The molecule has 0 atom stereocenters. The number of amides is 1. The van der Waals surface area contributed by atoms with E-state index in [-0.39, 0.29) is 23.1 Å². The van der Waals surface area contributed by atoms with Gasteiger partial charge in [-0.1, -0.05) is 29.8 Å². The van der Waals surface area contributed by atoms with Gasteiger partial charge in [0.1, 0.15) is 10.8 Å². The maximum absolute atomic E-state index is 12.8. The van der Waals surface area contributed by atoms with Gasteiger partial charge < -0.3 is 10.1 Å². The van der Waals surface area contributed by atoms with E-state index in [9.17, 15) is 24.1 Å². The Morgan fingerprint density at radius 3 is 2.59 bits per heavy atom. The van der Waals surface area contributed by atoms with Gasteiger partial charge in [-0.05, 0) is 35.4 Å². The molecule has 0 bridgehead atoms. The van der Waals surface area contributed by atoms with E-state index in [0.29, 0.717) is 11.1 Å². The molecule has 1 N–H and O–H groups in total. The normalized spacial score (nSPS) is 10.6. The zero-order valence-corrected chi connectivity index (χ0v) is 14.6. The van der Waals surface area contributed by atoms with Gasteiger partial charge in [0.2, 0.25) is 0 Å². The third kappa shape index (κ3) is 6.52. The van der Waals surface area contributed by atoms with Gasteiger partial charge in [-0.2, -0.15) is 0 Å². The quantitative estimate of drug-likeness (QED) is 0.337. The van der Waals surface area contributed by atoms with Crippen molar-refractivity contribution in [3.05, 3.63) is 80.6 Å². The number of nitrogens with one attached hydrogen (secondary N) is 1. The number of nitro benzene ring substituents is 1. The summed E-state index contributed by atoms with van der Waals surface area (Å²) >= 11 is 5.70. The van der Waals surface area contributed by atoms with E-state index in [1.165, 1.54) is 48.5 Å². The van der Waals surface area contributed by atoms with Crippen LogP contribution in [0.4, 0.5) is 10.1 Å². The number of esters is 1. The van der Waals surface area contributed by atoms with Crippen molar-refractivity contribution < 1.29 is 23.6 Å². The number of nitrogens with zero attached hydrogens (tertiary/aromatic N) is 1. The summed E-state index contributed by atoms with van der Waals surface area (Å²) in [7, 11) is 0. The van der Waals surface area contributed by atoms with Crippen molar-refractivity contribution in [3.8, 4) is 0 Å². The van der Waals surface area contributed by atoms with Crippen molar-refractivity contribution in [2.24, 2.45) is 0 Å². The highest BCUT2D eigenvalue weighted by Crippen LogP contribution is 2.25. The second kappa shape index (κ2) is 9.44. The summed E-state index contributed by atoms with van der Waals surface area (Å²) in [4.78, 5) is 33.4. The SMILES string of the molecule is O=C(COC(=O)/C=C/c1ccc(Cl)c([N+](=O)[O-])c1)NCc1ccc(F)cc1. The van der Waals surface area contributed by atoms with E-state index in [1.54, 1.807) is 0 Å². The fraction of sp³-hybridized carbons (Fsp3) is 0.111. The molecule has 0 unspecified atom stereocenters. The van der Waals surface area contributed by atoms with Gasteiger partial charge in [0.25, 0.3) is 11.6 Å². The molecule has 0 saturated heterocycles. The first-order valence-electron chi connectivity index (χ1n) is 7.65. The van der Waals surface area contributed by atoms with Gasteiger partial charge in [-0.25, -0.2) is 9.18 Å². The molecular formula is C18H14ClFN2O5. The van der Waals surface area contributed by atoms with Crippen LogP contribution in [0.1, 0.15) is 11.1 Å². The Morgan fingerprint density at radius 1 is 1.22 bits per heavy atom. The van der Waals surface area contributed by atoms with Gasteiger partial charge in [0.15, 0.2) is 6.61 Å². The lowest BCUT2D eigenvalue weighted by atomic mass is 10.2. The zero-order chi connectivity index (χ0) is 19.8. The van der Waals surface area contributed by atoms with Crippen LogP contribution in [0.2, 0.25) is 5.02 Å². The standard InChI is InChI=1S/C18H14ClFN2O5/c19-15-7-3-12(9-16(15)22(25)26)4-8-18(24)27-11-17(23)21-10-13-1-5-14(20)6-2-13/h1-9H,10-11H2,(H,21,23)/b8-4+. The van der Waals surface area contributed by atoms with Crippen molar-refractivity contribution in [1.29, 1.82) is 0 Å². The Balaban J connectivity index is 1.80. The number of hydrogen-bond acceptors (Lipinski definition) is 5. The average Bonchev–Trinajstić information content (AvgIpc) is 2.65. The fourth-order valence-electron chi connectivity index (χ4n) is 1.98. The lowest BCUT2D eigenvalue weighted by molar-refractivity contribution is -0.384. The summed E-state index contributed by atoms with van der Waals surface area (Å²) in [5.74, 6) is -1.69. The molecule has 9 heteroatoms.